The van der Waals surface area contributed by atoms with E-state index in [1.165, 1.54) is 17.0 Å². The largest absolute Gasteiger partial charge is 0.340 e. The molecule has 230 valence electrons. The van der Waals surface area contributed by atoms with Crippen molar-refractivity contribution in [1.82, 2.24) is 15.1 Å². The van der Waals surface area contributed by atoms with Gasteiger partial charge in [0.1, 0.15) is 17.9 Å². The first kappa shape index (κ1) is 30.2. The Bertz CT molecular complexity index is 1770. The summed E-state index contributed by atoms with van der Waals surface area (Å²) in [6.07, 6.45) is 0.565. The number of ketones is 1. The average Bonchev–Trinajstić information content (AvgIpc) is 3.61. The summed E-state index contributed by atoms with van der Waals surface area (Å²) in [5.41, 5.74) is 2.58. The fourth-order valence-corrected chi connectivity index (χ4v) is 6.53. The zero-order valence-electron chi connectivity index (χ0n) is 25.6. The van der Waals surface area contributed by atoms with Crippen LogP contribution in [0.15, 0.2) is 91.0 Å². The summed E-state index contributed by atoms with van der Waals surface area (Å²) in [7, 11) is 0. The molecular weight excluding hydrogens is 569 g/mol. The number of carbonyl (C=O) groups is 4. The van der Waals surface area contributed by atoms with E-state index in [2.05, 4.69) is 26.1 Å². The number of halogens is 1. The van der Waals surface area contributed by atoms with E-state index in [9.17, 15) is 23.6 Å². The molecule has 2 heterocycles. The lowest BCUT2D eigenvalue weighted by Crippen LogP contribution is -2.53. The third kappa shape index (κ3) is 5.97. The number of nitrogens with zero attached hydrogens (tertiary/aromatic N) is 2. The first-order valence-corrected chi connectivity index (χ1v) is 15.3. The number of nitrogens with one attached hydrogen (secondary N) is 1. The van der Waals surface area contributed by atoms with Gasteiger partial charge in [-0.3, -0.25) is 19.2 Å². The highest BCUT2D eigenvalue weighted by atomic mass is 19.1. The molecule has 0 bridgehead atoms. The Labute approximate surface area is 262 Å². The Morgan fingerprint density at radius 3 is 2.29 bits per heavy atom. The number of likely N-dealkylation sites (tertiary alicyclic amines) is 2. The molecule has 0 radical (unpaired) electrons. The summed E-state index contributed by atoms with van der Waals surface area (Å²) >= 11 is 0. The topological polar surface area (TPSA) is 86.8 Å². The Morgan fingerprint density at radius 2 is 1.58 bits per heavy atom. The van der Waals surface area contributed by atoms with E-state index in [1.807, 2.05) is 48.5 Å². The molecule has 45 heavy (non-hydrogen) atoms. The lowest BCUT2D eigenvalue weighted by atomic mass is 9.86. The number of hydrogen-bond acceptors (Lipinski definition) is 4. The molecule has 2 aliphatic heterocycles. The molecule has 4 aromatic rings. The van der Waals surface area contributed by atoms with E-state index in [-0.39, 0.29) is 36.6 Å². The standard InChI is InChI=1S/C37H36FN3O4/c1-37(2,3)26-15-13-25(14-16-26)34(43)39-30(21-23-11-17-27(38)18-12-23)36(45)40-20-19-31-33(40)32(42)22-41(31)35(44)29-10-6-8-24-7-4-5-9-28(24)29/h4-18,30-31,33H,19-22H2,1-3H3,(H,39,43)/t30-,31+,33-/m0/s1. The SMILES string of the molecule is CC(C)(C)c1ccc(C(=O)N[C@@H](Cc2ccc(F)cc2)C(=O)N2CC[C@@H]3[C@H]2C(=O)CN3C(=O)c2cccc3ccccc23)cc1. The van der Waals surface area contributed by atoms with E-state index in [0.717, 1.165) is 16.3 Å². The molecule has 0 spiro atoms. The van der Waals surface area contributed by atoms with E-state index in [1.54, 1.807) is 35.2 Å². The lowest BCUT2D eigenvalue weighted by molar-refractivity contribution is -0.138. The van der Waals surface area contributed by atoms with Crippen molar-refractivity contribution in [3.8, 4) is 0 Å². The third-order valence-corrected chi connectivity index (χ3v) is 8.96. The van der Waals surface area contributed by atoms with E-state index in [4.69, 9.17) is 0 Å². The van der Waals surface area contributed by atoms with Gasteiger partial charge >= 0.3 is 0 Å². The van der Waals surface area contributed by atoms with Gasteiger partial charge in [-0.15, -0.1) is 0 Å². The van der Waals surface area contributed by atoms with Gasteiger partial charge in [0, 0.05) is 24.1 Å². The molecule has 2 fully saturated rings. The minimum atomic E-state index is -1.00. The molecule has 3 amide bonds. The second-order valence-electron chi connectivity index (χ2n) is 12.9. The molecule has 0 aliphatic carbocycles. The van der Waals surface area contributed by atoms with Gasteiger partial charge in [-0.2, -0.15) is 0 Å². The fraction of sp³-hybridized carbons (Fsp3) is 0.297. The molecule has 2 saturated heterocycles. The van der Waals surface area contributed by atoms with Crippen LogP contribution in [0.4, 0.5) is 4.39 Å². The van der Waals surface area contributed by atoms with Crippen molar-refractivity contribution in [2.45, 2.75) is 57.2 Å². The molecule has 2 aliphatic rings. The van der Waals surface area contributed by atoms with Gasteiger partial charge in [0.2, 0.25) is 5.91 Å². The van der Waals surface area contributed by atoms with Crippen LogP contribution in [0.5, 0.6) is 0 Å². The Hall–Kier alpha value is -4.85. The molecule has 3 atom stereocenters. The number of carbonyl (C=O) groups excluding carboxylic acids is 4. The summed E-state index contributed by atoms with van der Waals surface area (Å²) in [5.74, 6) is -1.67. The van der Waals surface area contributed by atoms with Crippen LogP contribution >= 0.6 is 0 Å². The summed E-state index contributed by atoms with van der Waals surface area (Å²) in [6.45, 7) is 6.45. The van der Waals surface area contributed by atoms with Crippen LogP contribution in [0.2, 0.25) is 0 Å². The number of Topliss-reactive ketones (excluding diaryl/α,β-unsaturated/α-hetero) is 1. The van der Waals surface area contributed by atoms with Crippen LogP contribution in [-0.2, 0) is 21.4 Å². The van der Waals surface area contributed by atoms with Crippen LogP contribution in [0, 0.1) is 5.82 Å². The predicted molar refractivity (Wildman–Crippen MR) is 170 cm³/mol. The van der Waals surface area contributed by atoms with Crippen molar-refractivity contribution in [1.29, 1.82) is 0 Å². The average molecular weight is 606 g/mol. The smallest absolute Gasteiger partial charge is 0.255 e. The minimum Gasteiger partial charge on any atom is -0.340 e. The van der Waals surface area contributed by atoms with Crippen molar-refractivity contribution in [2.24, 2.45) is 0 Å². The van der Waals surface area contributed by atoms with Gasteiger partial charge in [-0.05, 0) is 64.1 Å². The fourth-order valence-electron chi connectivity index (χ4n) is 6.53. The highest BCUT2D eigenvalue weighted by Gasteiger charge is 2.52. The van der Waals surface area contributed by atoms with Gasteiger partial charge in [0.05, 0.1) is 12.6 Å². The van der Waals surface area contributed by atoms with Gasteiger partial charge in [-0.1, -0.05) is 81.4 Å². The van der Waals surface area contributed by atoms with Crippen LogP contribution in [0.3, 0.4) is 0 Å². The Morgan fingerprint density at radius 1 is 0.889 bits per heavy atom. The van der Waals surface area contributed by atoms with Crippen LogP contribution in [-0.4, -0.2) is 64.5 Å². The number of amides is 3. The van der Waals surface area contributed by atoms with E-state index in [0.29, 0.717) is 23.1 Å². The highest BCUT2D eigenvalue weighted by Crippen LogP contribution is 2.33. The molecule has 1 N–H and O–H groups in total. The zero-order valence-corrected chi connectivity index (χ0v) is 25.6. The zero-order chi connectivity index (χ0) is 31.9. The van der Waals surface area contributed by atoms with E-state index < -0.39 is 35.8 Å². The number of hydrogen-bond donors (Lipinski definition) is 1. The predicted octanol–water partition coefficient (Wildman–Crippen LogP) is 5.31. The first-order valence-electron chi connectivity index (χ1n) is 15.3. The number of benzene rings is 4. The Kier molecular flexibility index (Phi) is 7.99. The monoisotopic (exact) mass is 605 g/mol. The van der Waals surface area contributed by atoms with Gasteiger partial charge < -0.3 is 15.1 Å². The quantitative estimate of drug-likeness (QED) is 0.323. The molecule has 6 rings (SSSR count). The third-order valence-electron chi connectivity index (χ3n) is 8.96. The van der Waals surface area contributed by atoms with E-state index >= 15 is 0 Å². The van der Waals surface area contributed by atoms with Gasteiger partial charge in [0.25, 0.3) is 11.8 Å². The van der Waals surface area contributed by atoms with Crippen LogP contribution in [0.1, 0.15) is 59.0 Å². The highest BCUT2D eigenvalue weighted by molar-refractivity contribution is 6.10. The molecule has 0 unspecified atom stereocenters. The summed E-state index contributed by atoms with van der Waals surface area (Å²) in [6, 6.07) is 23.9. The van der Waals surface area contributed by atoms with Crippen LogP contribution in [0.25, 0.3) is 10.8 Å². The molecule has 8 heteroatoms. The summed E-state index contributed by atoms with van der Waals surface area (Å²) in [5, 5.41) is 4.63. The number of fused-ring (bicyclic) bond motifs is 2. The molecule has 4 aromatic carbocycles. The van der Waals surface area contributed by atoms with Crippen molar-refractivity contribution in [2.75, 3.05) is 13.1 Å². The number of rotatable bonds is 6. The lowest BCUT2D eigenvalue weighted by Gasteiger charge is -2.28. The van der Waals surface area contributed by atoms with Gasteiger partial charge in [-0.25, -0.2) is 4.39 Å². The Balaban J connectivity index is 1.24. The first-order chi connectivity index (χ1) is 21.5. The normalized spacial score (nSPS) is 18.6. The maximum Gasteiger partial charge on any atom is 0.255 e. The van der Waals surface area contributed by atoms with Crippen molar-refractivity contribution < 1.29 is 23.6 Å². The molecule has 0 aromatic heterocycles. The minimum absolute atomic E-state index is 0.0842. The van der Waals surface area contributed by atoms with Gasteiger partial charge in [0.15, 0.2) is 5.78 Å². The summed E-state index contributed by atoms with van der Waals surface area (Å²) < 4.78 is 13.7. The van der Waals surface area contributed by atoms with Crippen LogP contribution < -0.4 is 5.32 Å². The van der Waals surface area contributed by atoms with Crippen molar-refractivity contribution in [3.05, 3.63) is 119 Å². The second-order valence-corrected chi connectivity index (χ2v) is 12.9. The maximum absolute atomic E-state index is 14.2. The second kappa shape index (κ2) is 11.9. The summed E-state index contributed by atoms with van der Waals surface area (Å²) in [4.78, 5) is 57.9. The van der Waals surface area contributed by atoms with Crippen molar-refractivity contribution >= 4 is 34.3 Å². The van der Waals surface area contributed by atoms with Crippen molar-refractivity contribution in [3.63, 3.8) is 0 Å². The molecular formula is C37H36FN3O4. The molecule has 7 nitrogen and oxygen atoms in total. The molecule has 0 saturated carbocycles. The maximum atomic E-state index is 14.2.